The molecule has 0 amide bonds. The molecule has 0 aliphatic carbocycles. The van der Waals surface area contributed by atoms with E-state index in [1.807, 2.05) is 6.07 Å². The van der Waals surface area contributed by atoms with Crippen LogP contribution in [0.3, 0.4) is 0 Å². The van der Waals surface area contributed by atoms with Crippen molar-refractivity contribution in [1.82, 2.24) is 5.32 Å². The van der Waals surface area contributed by atoms with Gasteiger partial charge in [0, 0.05) is 0 Å². The Morgan fingerprint density at radius 1 is 1.17 bits per heavy atom. The number of Topliss-reactive ketones (excluding diaryl/α,β-unsaturated/α-hetero) is 1. The molecule has 0 radical (unpaired) electrons. The van der Waals surface area contributed by atoms with Crippen LogP contribution in [0.2, 0.25) is 0 Å². The summed E-state index contributed by atoms with van der Waals surface area (Å²) in [6.07, 6.45) is -4.15. The van der Waals surface area contributed by atoms with E-state index in [2.05, 4.69) is 5.32 Å². The van der Waals surface area contributed by atoms with Gasteiger partial charge < -0.3 is 10.1 Å². The molecule has 2 aromatic carbocycles. The molecule has 158 valence electrons. The highest BCUT2D eigenvalue weighted by atomic mass is 32.2. The number of allylic oxidation sites excluding steroid dienone is 1. The van der Waals surface area contributed by atoms with E-state index >= 15 is 0 Å². The Morgan fingerprint density at radius 2 is 1.87 bits per heavy atom. The van der Waals surface area contributed by atoms with Crippen LogP contribution in [0.5, 0.6) is 0 Å². The lowest BCUT2D eigenvalue weighted by Crippen LogP contribution is -2.35. The van der Waals surface area contributed by atoms with Crippen LogP contribution >= 0.6 is 11.8 Å². The topological polar surface area (TPSA) is 55.4 Å². The van der Waals surface area contributed by atoms with Gasteiger partial charge in [-0.2, -0.15) is 13.2 Å². The minimum Gasteiger partial charge on any atom is -0.467 e. The van der Waals surface area contributed by atoms with Crippen molar-refractivity contribution in [3.8, 4) is 0 Å². The zero-order valence-corrected chi connectivity index (χ0v) is 17.1. The summed E-state index contributed by atoms with van der Waals surface area (Å²) in [5.41, 5.74) is 0.193. The Kier molecular flexibility index (Phi) is 6.55. The molecule has 2 atom stereocenters. The summed E-state index contributed by atoms with van der Waals surface area (Å²) in [7, 11) is 1.26. The predicted octanol–water partition coefficient (Wildman–Crippen LogP) is 4.97. The third-order valence-corrected chi connectivity index (χ3v) is 6.01. The second kappa shape index (κ2) is 8.95. The second-order valence-electron chi connectivity index (χ2n) is 6.68. The van der Waals surface area contributed by atoms with Crippen LogP contribution in [-0.2, 0) is 20.5 Å². The Bertz CT molecular complexity index is 973. The maximum absolute atomic E-state index is 13.3. The molecule has 1 heterocycles. The molecule has 0 saturated carbocycles. The molecule has 1 aliphatic rings. The summed E-state index contributed by atoms with van der Waals surface area (Å²) in [4.78, 5) is 25.3. The highest BCUT2D eigenvalue weighted by molar-refractivity contribution is 8.04. The zero-order chi connectivity index (χ0) is 21.9. The molecule has 0 aromatic heterocycles. The van der Waals surface area contributed by atoms with Gasteiger partial charge in [0.25, 0.3) is 0 Å². The molecule has 3 rings (SSSR count). The lowest BCUT2D eigenvalue weighted by molar-refractivity contribution is -0.143. The van der Waals surface area contributed by atoms with Crippen molar-refractivity contribution in [2.45, 2.75) is 30.8 Å². The Balaban J connectivity index is 2.07. The standard InChI is InChI=1S/C22H20F3NO3S/c1-3-16(21(28)29-2)26-20-17(14-10-7-11-15(12-14)22(23,24)25)18(27)19(30-20)13-8-5-4-6-9-13/h4-12,16,19,26H,3H2,1-2H3. The smallest absolute Gasteiger partial charge is 0.416 e. The van der Waals surface area contributed by atoms with Crippen LogP contribution < -0.4 is 5.32 Å². The van der Waals surface area contributed by atoms with Gasteiger partial charge in [-0.25, -0.2) is 4.79 Å². The van der Waals surface area contributed by atoms with E-state index in [1.54, 1.807) is 31.2 Å². The minimum atomic E-state index is -4.53. The summed E-state index contributed by atoms with van der Waals surface area (Å²) in [5, 5.41) is 2.77. The average Bonchev–Trinajstić information content (AvgIpc) is 3.07. The number of carbonyl (C=O) groups is 2. The lowest BCUT2D eigenvalue weighted by atomic mass is 9.96. The Labute approximate surface area is 176 Å². The lowest BCUT2D eigenvalue weighted by Gasteiger charge is -2.18. The van der Waals surface area contributed by atoms with Crippen LogP contribution in [0.1, 0.15) is 35.3 Å². The third kappa shape index (κ3) is 4.53. The van der Waals surface area contributed by atoms with Gasteiger partial charge in [-0.1, -0.05) is 61.2 Å². The minimum absolute atomic E-state index is 0.141. The first kappa shape index (κ1) is 22.0. The van der Waals surface area contributed by atoms with Crippen molar-refractivity contribution >= 4 is 29.1 Å². The van der Waals surface area contributed by atoms with Crippen LogP contribution in [-0.4, -0.2) is 24.9 Å². The summed E-state index contributed by atoms with van der Waals surface area (Å²) >= 11 is 1.19. The van der Waals surface area contributed by atoms with E-state index in [1.165, 1.54) is 31.0 Å². The molecule has 30 heavy (non-hydrogen) atoms. The van der Waals surface area contributed by atoms with Gasteiger partial charge >= 0.3 is 12.1 Å². The fraction of sp³-hybridized carbons (Fsp3) is 0.273. The number of esters is 1. The summed E-state index contributed by atoms with van der Waals surface area (Å²) in [5.74, 6) is -0.822. The van der Waals surface area contributed by atoms with Crippen molar-refractivity contribution in [3.05, 3.63) is 76.3 Å². The SMILES string of the molecule is CCC(NC1=C(c2cccc(C(F)(F)F)c2)C(=O)C(c2ccccc2)S1)C(=O)OC. The number of halogens is 3. The number of ether oxygens (including phenoxy) is 1. The Morgan fingerprint density at radius 3 is 2.47 bits per heavy atom. The van der Waals surface area contributed by atoms with Gasteiger partial charge in [0.2, 0.25) is 0 Å². The predicted molar refractivity (Wildman–Crippen MR) is 109 cm³/mol. The van der Waals surface area contributed by atoms with E-state index in [4.69, 9.17) is 4.74 Å². The fourth-order valence-electron chi connectivity index (χ4n) is 3.18. The Hall–Kier alpha value is -2.74. The number of benzene rings is 2. The number of thioether (sulfide) groups is 1. The number of hydrogen-bond donors (Lipinski definition) is 1. The van der Waals surface area contributed by atoms with E-state index in [-0.39, 0.29) is 16.9 Å². The molecular formula is C22H20F3NO3S. The third-order valence-electron chi connectivity index (χ3n) is 4.73. The summed E-state index contributed by atoms with van der Waals surface area (Å²) in [6.45, 7) is 1.77. The van der Waals surface area contributed by atoms with Crippen molar-refractivity contribution in [2.24, 2.45) is 0 Å². The first-order valence-electron chi connectivity index (χ1n) is 9.28. The number of ketones is 1. The fourth-order valence-corrected chi connectivity index (χ4v) is 4.48. The molecular weight excluding hydrogens is 415 g/mol. The molecule has 1 aliphatic heterocycles. The molecule has 0 bridgehead atoms. The van der Waals surface area contributed by atoms with Gasteiger partial charge in [0.1, 0.15) is 6.04 Å². The van der Waals surface area contributed by atoms with E-state index in [9.17, 15) is 22.8 Å². The number of hydrogen-bond acceptors (Lipinski definition) is 5. The average molecular weight is 435 g/mol. The number of carbonyl (C=O) groups excluding carboxylic acids is 2. The van der Waals surface area contributed by atoms with Crippen LogP contribution in [0.25, 0.3) is 5.57 Å². The second-order valence-corrected chi connectivity index (χ2v) is 7.80. The van der Waals surface area contributed by atoms with Gasteiger partial charge in [0.15, 0.2) is 5.78 Å². The number of methoxy groups -OCH3 is 1. The number of alkyl halides is 3. The van der Waals surface area contributed by atoms with Crippen molar-refractivity contribution in [3.63, 3.8) is 0 Å². The maximum atomic E-state index is 13.3. The van der Waals surface area contributed by atoms with Gasteiger partial charge in [0.05, 0.1) is 28.5 Å². The van der Waals surface area contributed by atoms with Crippen molar-refractivity contribution in [2.75, 3.05) is 7.11 Å². The zero-order valence-electron chi connectivity index (χ0n) is 16.3. The first-order valence-corrected chi connectivity index (χ1v) is 10.2. The van der Waals surface area contributed by atoms with Crippen molar-refractivity contribution < 1.29 is 27.5 Å². The van der Waals surface area contributed by atoms with Gasteiger partial charge in [-0.05, 0) is 29.7 Å². The van der Waals surface area contributed by atoms with Crippen LogP contribution in [0.4, 0.5) is 13.2 Å². The molecule has 0 fully saturated rings. The summed E-state index contributed by atoms with van der Waals surface area (Å²) in [6, 6.07) is 12.9. The molecule has 8 heteroatoms. The number of nitrogens with one attached hydrogen (secondary N) is 1. The quantitative estimate of drug-likeness (QED) is 0.649. The van der Waals surface area contributed by atoms with Crippen LogP contribution in [0, 0.1) is 0 Å². The molecule has 4 nitrogen and oxygen atoms in total. The van der Waals surface area contributed by atoms with Crippen molar-refractivity contribution in [1.29, 1.82) is 0 Å². The van der Waals surface area contributed by atoms with E-state index < -0.39 is 29.0 Å². The van der Waals surface area contributed by atoms with Crippen LogP contribution in [0.15, 0.2) is 59.6 Å². The molecule has 1 N–H and O–H groups in total. The molecule has 0 spiro atoms. The first-order chi connectivity index (χ1) is 14.3. The highest BCUT2D eigenvalue weighted by Crippen LogP contribution is 2.48. The summed E-state index contributed by atoms with van der Waals surface area (Å²) < 4.78 is 44.5. The van der Waals surface area contributed by atoms with E-state index in [0.29, 0.717) is 11.4 Å². The van der Waals surface area contributed by atoms with E-state index in [0.717, 1.165) is 17.7 Å². The molecule has 2 aromatic rings. The highest BCUT2D eigenvalue weighted by Gasteiger charge is 2.38. The monoisotopic (exact) mass is 435 g/mol. The van der Waals surface area contributed by atoms with Gasteiger partial charge in [-0.3, -0.25) is 4.79 Å². The number of rotatable bonds is 6. The molecule has 0 saturated heterocycles. The normalized spacial score (nSPS) is 17.8. The van der Waals surface area contributed by atoms with Gasteiger partial charge in [-0.15, -0.1) is 0 Å². The maximum Gasteiger partial charge on any atom is 0.416 e. The molecule has 2 unspecified atom stereocenters. The largest absolute Gasteiger partial charge is 0.467 e.